The lowest BCUT2D eigenvalue weighted by molar-refractivity contribution is 0.406. The lowest BCUT2D eigenvalue weighted by atomic mass is 9.82. The van der Waals surface area contributed by atoms with Crippen molar-refractivity contribution in [2.24, 2.45) is 5.92 Å². The molecule has 0 aliphatic rings. The van der Waals surface area contributed by atoms with Gasteiger partial charge in [0.05, 0.1) is 0 Å². The van der Waals surface area contributed by atoms with E-state index in [1.807, 2.05) is 0 Å². The van der Waals surface area contributed by atoms with Crippen LogP contribution in [0.3, 0.4) is 0 Å². The van der Waals surface area contributed by atoms with Gasteiger partial charge in [-0.1, -0.05) is 77.1 Å². The van der Waals surface area contributed by atoms with Crippen molar-refractivity contribution in [1.82, 2.24) is 0 Å². The van der Waals surface area contributed by atoms with Crippen molar-refractivity contribution < 1.29 is 0 Å². The zero-order chi connectivity index (χ0) is 12.5. The van der Waals surface area contributed by atoms with E-state index in [0.717, 1.165) is 5.92 Å². The van der Waals surface area contributed by atoms with Gasteiger partial charge in [0.25, 0.3) is 0 Å². The first-order valence-electron chi connectivity index (χ1n) is 7.26. The van der Waals surface area contributed by atoms with Crippen molar-refractivity contribution >= 4 is 0 Å². The maximum Gasteiger partial charge on any atom is -0.0130 e. The molecule has 0 aliphatic heterocycles. The molecule has 0 bridgehead atoms. The first-order chi connectivity index (χ1) is 8.29. The SMILES string of the molecule is CCCCCCC(c1[c]cccc1)C(C)CC. The molecule has 0 heteroatoms. The normalized spacial score (nSPS) is 14.5. The standard InChI is InChI=1S/C17H27/c1-4-6-7-11-14-17(15(3)5-2)16-12-9-8-10-13-16/h8-10,12,15,17H,4-7,11,14H2,1-3H3. The van der Waals surface area contributed by atoms with Crippen LogP contribution in [0.4, 0.5) is 0 Å². The number of hydrogen-bond donors (Lipinski definition) is 0. The molecule has 1 rings (SSSR count). The molecular weight excluding hydrogens is 204 g/mol. The summed E-state index contributed by atoms with van der Waals surface area (Å²) in [6, 6.07) is 11.9. The molecule has 0 aromatic heterocycles. The van der Waals surface area contributed by atoms with Gasteiger partial charge in [-0.15, -0.1) is 0 Å². The molecular formula is C17H27. The van der Waals surface area contributed by atoms with Crippen LogP contribution in [0.5, 0.6) is 0 Å². The maximum atomic E-state index is 3.42. The highest BCUT2D eigenvalue weighted by Crippen LogP contribution is 2.31. The number of benzene rings is 1. The minimum absolute atomic E-state index is 0.707. The summed E-state index contributed by atoms with van der Waals surface area (Å²) in [6.07, 6.45) is 8.05. The number of hydrogen-bond acceptors (Lipinski definition) is 0. The summed E-state index contributed by atoms with van der Waals surface area (Å²) >= 11 is 0. The van der Waals surface area contributed by atoms with Crippen LogP contribution in [0, 0.1) is 12.0 Å². The molecule has 95 valence electrons. The molecule has 0 N–H and O–H groups in total. The van der Waals surface area contributed by atoms with Crippen LogP contribution in [0.1, 0.15) is 70.8 Å². The molecule has 0 fully saturated rings. The predicted octanol–water partition coefficient (Wildman–Crippen LogP) is 5.59. The minimum atomic E-state index is 0.707. The molecule has 1 aromatic carbocycles. The van der Waals surface area contributed by atoms with Gasteiger partial charge in [0.15, 0.2) is 0 Å². The van der Waals surface area contributed by atoms with Crippen LogP contribution < -0.4 is 0 Å². The fourth-order valence-electron chi connectivity index (χ4n) is 2.46. The van der Waals surface area contributed by atoms with Gasteiger partial charge in [0, 0.05) is 0 Å². The second-order valence-corrected chi connectivity index (χ2v) is 5.16. The van der Waals surface area contributed by atoms with Gasteiger partial charge < -0.3 is 0 Å². The van der Waals surface area contributed by atoms with Crippen molar-refractivity contribution in [3.8, 4) is 0 Å². The fourth-order valence-corrected chi connectivity index (χ4v) is 2.46. The third-order valence-electron chi connectivity index (χ3n) is 3.83. The third-order valence-corrected chi connectivity index (χ3v) is 3.83. The van der Waals surface area contributed by atoms with Crippen LogP contribution in [0.2, 0.25) is 0 Å². The van der Waals surface area contributed by atoms with E-state index < -0.39 is 0 Å². The average Bonchev–Trinajstić information content (AvgIpc) is 2.39. The molecule has 0 nitrogen and oxygen atoms in total. The van der Waals surface area contributed by atoms with Gasteiger partial charge in [-0.25, -0.2) is 0 Å². The van der Waals surface area contributed by atoms with Crippen molar-refractivity contribution in [3.05, 3.63) is 35.9 Å². The van der Waals surface area contributed by atoms with E-state index in [9.17, 15) is 0 Å². The third kappa shape index (κ3) is 4.93. The zero-order valence-corrected chi connectivity index (χ0v) is 11.7. The Kier molecular flexibility index (Phi) is 7.00. The summed E-state index contributed by atoms with van der Waals surface area (Å²) in [6.45, 7) is 6.95. The number of unbranched alkanes of at least 4 members (excludes halogenated alkanes) is 3. The fraction of sp³-hybridized carbons (Fsp3) is 0.647. The molecule has 0 spiro atoms. The van der Waals surface area contributed by atoms with Crippen molar-refractivity contribution in [3.63, 3.8) is 0 Å². The quantitative estimate of drug-likeness (QED) is 0.512. The average molecular weight is 231 g/mol. The molecule has 17 heavy (non-hydrogen) atoms. The molecule has 1 radical (unpaired) electrons. The Morgan fingerprint density at radius 2 is 1.94 bits per heavy atom. The van der Waals surface area contributed by atoms with Gasteiger partial charge in [0.2, 0.25) is 0 Å². The Morgan fingerprint density at radius 3 is 2.53 bits per heavy atom. The van der Waals surface area contributed by atoms with Crippen LogP contribution >= 0.6 is 0 Å². The molecule has 2 unspecified atom stereocenters. The summed E-state index contributed by atoms with van der Waals surface area (Å²) in [5, 5.41) is 0. The van der Waals surface area contributed by atoms with E-state index in [4.69, 9.17) is 0 Å². The minimum Gasteiger partial charge on any atom is -0.0654 e. The summed E-state index contributed by atoms with van der Waals surface area (Å²) < 4.78 is 0. The first-order valence-corrected chi connectivity index (χ1v) is 7.26. The van der Waals surface area contributed by atoms with Crippen molar-refractivity contribution in [2.75, 3.05) is 0 Å². The van der Waals surface area contributed by atoms with E-state index in [0.29, 0.717) is 5.92 Å². The van der Waals surface area contributed by atoms with Gasteiger partial charge in [-0.05, 0) is 29.9 Å². The lowest BCUT2D eigenvalue weighted by Gasteiger charge is -2.23. The number of rotatable bonds is 8. The van der Waals surface area contributed by atoms with Crippen LogP contribution in [-0.2, 0) is 0 Å². The molecule has 1 aromatic rings. The smallest absolute Gasteiger partial charge is 0.0130 e. The molecule has 0 saturated heterocycles. The summed E-state index contributed by atoms with van der Waals surface area (Å²) in [4.78, 5) is 0. The highest BCUT2D eigenvalue weighted by Gasteiger charge is 2.17. The predicted molar refractivity (Wildman–Crippen MR) is 76.2 cm³/mol. The Morgan fingerprint density at radius 1 is 1.12 bits per heavy atom. The highest BCUT2D eigenvalue weighted by atomic mass is 14.2. The summed E-state index contributed by atoms with van der Waals surface area (Å²) in [5.41, 5.74) is 1.42. The van der Waals surface area contributed by atoms with Gasteiger partial charge in [-0.3, -0.25) is 0 Å². The van der Waals surface area contributed by atoms with Crippen LogP contribution in [0.25, 0.3) is 0 Å². The lowest BCUT2D eigenvalue weighted by Crippen LogP contribution is -2.09. The first kappa shape index (κ1) is 14.3. The largest absolute Gasteiger partial charge is 0.0654 e. The Balaban J connectivity index is 2.55. The van der Waals surface area contributed by atoms with E-state index in [1.165, 1.54) is 44.1 Å². The molecule has 0 saturated carbocycles. The van der Waals surface area contributed by atoms with E-state index in [1.54, 1.807) is 0 Å². The molecule has 0 heterocycles. The Bertz CT molecular complexity index is 275. The van der Waals surface area contributed by atoms with Crippen molar-refractivity contribution in [1.29, 1.82) is 0 Å². The van der Waals surface area contributed by atoms with Gasteiger partial charge in [-0.2, -0.15) is 0 Å². The van der Waals surface area contributed by atoms with E-state index >= 15 is 0 Å². The topological polar surface area (TPSA) is 0 Å². The molecule has 2 atom stereocenters. The second-order valence-electron chi connectivity index (χ2n) is 5.16. The van der Waals surface area contributed by atoms with E-state index in [-0.39, 0.29) is 0 Å². The summed E-state index contributed by atoms with van der Waals surface area (Å²) in [7, 11) is 0. The monoisotopic (exact) mass is 231 g/mol. The second kappa shape index (κ2) is 8.33. The Labute approximate surface area is 107 Å². The van der Waals surface area contributed by atoms with Crippen LogP contribution in [-0.4, -0.2) is 0 Å². The van der Waals surface area contributed by atoms with Gasteiger partial charge >= 0.3 is 0 Å². The Hall–Kier alpha value is -0.780. The maximum absolute atomic E-state index is 3.42. The zero-order valence-electron chi connectivity index (χ0n) is 11.7. The van der Waals surface area contributed by atoms with Crippen molar-refractivity contribution in [2.45, 2.75) is 65.2 Å². The molecule has 0 aliphatic carbocycles. The highest BCUT2D eigenvalue weighted by molar-refractivity contribution is 5.18. The van der Waals surface area contributed by atoms with Crippen LogP contribution in [0.15, 0.2) is 24.3 Å². The van der Waals surface area contributed by atoms with E-state index in [2.05, 4.69) is 51.1 Å². The molecule has 0 amide bonds. The van der Waals surface area contributed by atoms with Gasteiger partial charge in [0.1, 0.15) is 0 Å². The summed E-state index contributed by atoms with van der Waals surface area (Å²) in [5.74, 6) is 1.48.